The number of ether oxygens (including phenoxy) is 1. The van der Waals surface area contributed by atoms with Crippen molar-refractivity contribution in [2.75, 3.05) is 17.2 Å². The number of carbonyl (C=O) groups excluding carboxylic acids is 1. The number of rotatable bonds is 6. The first-order valence-corrected chi connectivity index (χ1v) is 8.48. The topological polar surface area (TPSA) is 63.2 Å². The molecule has 0 saturated carbocycles. The van der Waals surface area contributed by atoms with Crippen LogP contribution in [0.25, 0.3) is 0 Å². The first-order chi connectivity index (χ1) is 12.6. The number of pyridine rings is 1. The second kappa shape index (κ2) is 8.16. The lowest BCUT2D eigenvalue weighted by Gasteiger charge is -2.09. The molecule has 26 heavy (non-hydrogen) atoms. The van der Waals surface area contributed by atoms with Crippen LogP contribution in [-0.2, 0) is 0 Å². The first-order valence-electron chi connectivity index (χ1n) is 8.48. The van der Waals surface area contributed by atoms with E-state index >= 15 is 0 Å². The molecule has 5 heteroatoms. The van der Waals surface area contributed by atoms with Gasteiger partial charge in [-0.2, -0.15) is 0 Å². The van der Waals surface area contributed by atoms with Crippen molar-refractivity contribution in [2.45, 2.75) is 13.8 Å². The molecule has 3 aromatic rings. The van der Waals surface area contributed by atoms with E-state index in [0.717, 1.165) is 22.7 Å². The largest absolute Gasteiger partial charge is 0.494 e. The number of nitrogens with one attached hydrogen (secondary N) is 2. The molecule has 0 bridgehead atoms. The molecule has 0 saturated heterocycles. The van der Waals surface area contributed by atoms with E-state index in [4.69, 9.17) is 4.74 Å². The van der Waals surface area contributed by atoms with Gasteiger partial charge < -0.3 is 15.4 Å². The maximum Gasteiger partial charge on any atom is 0.256 e. The highest BCUT2D eigenvalue weighted by atomic mass is 16.5. The van der Waals surface area contributed by atoms with Gasteiger partial charge in [0.1, 0.15) is 11.6 Å². The molecular formula is C21H21N3O2. The number of aryl methyl sites for hydroxylation is 1. The average Bonchev–Trinajstić information content (AvgIpc) is 2.65. The molecule has 132 valence electrons. The van der Waals surface area contributed by atoms with Crippen LogP contribution in [-0.4, -0.2) is 17.5 Å². The Hall–Kier alpha value is -3.34. The maximum absolute atomic E-state index is 12.2. The van der Waals surface area contributed by atoms with Gasteiger partial charge >= 0.3 is 0 Å². The zero-order valence-corrected chi connectivity index (χ0v) is 14.8. The fourth-order valence-electron chi connectivity index (χ4n) is 2.48. The van der Waals surface area contributed by atoms with Crippen LogP contribution in [0.3, 0.4) is 0 Å². The lowest BCUT2D eigenvalue weighted by molar-refractivity contribution is 0.102. The third-order valence-electron chi connectivity index (χ3n) is 3.74. The highest BCUT2D eigenvalue weighted by Crippen LogP contribution is 2.20. The maximum atomic E-state index is 12.2. The first kappa shape index (κ1) is 17.5. The number of nitrogens with zero attached hydrogens (tertiary/aromatic N) is 1. The van der Waals surface area contributed by atoms with Crippen molar-refractivity contribution in [3.05, 3.63) is 78.0 Å². The van der Waals surface area contributed by atoms with E-state index in [1.807, 2.05) is 62.4 Å². The second-order valence-corrected chi connectivity index (χ2v) is 5.84. The van der Waals surface area contributed by atoms with Crippen molar-refractivity contribution >= 4 is 23.1 Å². The molecule has 0 aliphatic heterocycles. The molecular weight excluding hydrogens is 326 g/mol. The lowest BCUT2D eigenvalue weighted by atomic mass is 10.1. The number of aromatic nitrogens is 1. The van der Waals surface area contributed by atoms with E-state index in [-0.39, 0.29) is 5.91 Å². The summed E-state index contributed by atoms with van der Waals surface area (Å²) in [5.41, 5.74) is 3.43. The Morgan fingerprint density at radius 3 is 2.46 bits per heavy atom. The van der Waals surface area contributed by atoms with E-state index in [0.29, 0.717) is 18.0 Å². The van der Waals surface area contributed by atoms with Crippen molar-refractivity contribution in [3.8, 4) is 5.75 Å². The van der Waals surface area contributed by atoms with Gasteiger partial charge in [-0.3, -0.25) is 4.79 Å². The number of hydrogen-bond acceptors (Lipinski definition) is 4. The molecule has 0 unspecified atom stereocenters. The van der Waals surface area contributed by atoms with Crippen LogP contribution < -0.4 is 15.4 Å². The number of benzene rings is 2. The predicted molar refractivity (Wildman–Crippen MR) is 104 cm³/mol. The number of amides is 1. The van der Waals surface area contributed by atoms with E-state index in [1.54, 1.807) is 18.3 Å². The van der Waals surface area contributed by atoms with Gasteiger partial charge in [0.2, 0.25) is 0 Å². The molecule has 0 atom stereocenters. The van der Waals surface area contributed by atoms with Gasteiger partial charge in [-0.15, -0.1) is 0 Å². The molecule has 1 amide bonds. The molecule has 0 aliphatic carbocycles. The molecule has 0 aliphatic rings. The highest BCUT2D eigenvalue weighted by molar-refractivity contribution is 6.03. The number of hydrogen-bond donors (Lipinski definition) is 2. The van der Waals surface area contributed by atoms with Crippen LogP contribution in [0.5, 0.6) is 5.75 Å². The minimum Gasteiger partial charge on any atom is -0.494 e. The van der Waals surface area contributed by atoms with Gasteiger partial charge in [-0.05, 0) is 62.4 Å². The Morgan fingerprint density at radius 1 is 1.04 bits per heavy atom. The Bertz CT molecular complexity index is 875. The van der Waals surface area contributed by atoms with Crippen LogP contribution in [0.2, 0.25) is 0 Å². The molecule has 0 fully saturated rings. The van der Waals surface area contributed by atoms with Crippen LogP contribution in [0.4, 0.5) is 17.2 Å². The molecule has 2 aromatic carbocycles. The average molecular weight is 347 g/mol. The van der Waals surface area contributed by atoms with E-state index in [9.17, 15) is 4.79 Å². The molecule has 0 radical (unpaired) electrons. The molecule has 5 nitrogen and oxygen atoms in total. The summed E-state index contributed by atoms with van der Waals surface area (Å²) in [5, 5.41) is 6.07. The fraction of sp³-hybridized carbons (Fsp3) is 0.143. The van der Waals surface area contributed by atoms with Crippen LogP contribution in [0, 0.1) is 6.92 Å². The minimum atomic E-state index is -0.173. The van der Waals surface area contributed by atoms with Crippen LogP contribution >= 0.6 is 0 Å². The van der Waals surface area contributed by atoms with Gasteiger partial charge in [0.05, 0.1) is 18.5 Å². The Kier molecular flexibility index (Phi) is 5.49. The van der Waals surface area contributed by atoms with Gasteiger partial charge in [-0.25, -0.2) is 4.98 Å². The molecule has 1 heterocycles. The summed E-state index contributed by atoms with van der Waals surface area (Å²) in [5.74, 6) is 1.17. The van der Waals surface area contributed by atoms with Crippen LogP contribution in [0.15, 0.2) is 66.9 Å². The highest BCUT2D eigenvalue weighted by Gasteiger charge is 2.07. The van der Waals surface area contributed by atoms with Crippen molar-refractivity contribution in [1.82, 2.24) is 4.98 Å². The van der Waals surface area contributed by atoms with Gasteiger partial charge in [0.25, 0.3) is 5.91 Å². The van der Waals surface area contributed by atoms with Gasteiger partial charge in [0.15, 0.2) is 0 Å². The number of carbonyl (C=O) groups is 1. The lowest BCUT2D eigenvalue weighted by Crippen LogP contribution is -2.13. The van der Waals surface area contributed by atoms with Crippen molar-refractivity contribution in [2.24, 2.45) is 0 Å². The smallest absolute Gasteiger partial charge is 0.256 e. The SMILES string of the molecule is CCOc1ccc(Nc2ccc(NC(=O)c3cccc(C)c3)nc2)cc1. The van der Waals surface area contributed by atoms with Gasteiger partial charge in [0, 0.05) is 11.3 Å². The standard InChI is InChI=1S/C21H21N3O2/c1-3-26-19-10-7-17(8-11-19)23-18-9-12-20(22-14-18)24-21(25)16-6-4-5-15(2)13-16/h4-14,23H,3H2,1-2H3,(H,22,24,25). The third-order valence-corrected chi connectivity index (χ3v) is 3.74. The Labute approximate surface area is 153 Å². The summed E-state index contributed by atoms with van der Waals surface area (Å²) in [6, 6.07) is 18.8. The quantitative estimate of drug-likeness (QED) is 0.673. The molecule has 2 N–H and O–H groups in total. The monoisotopic (exact) mass is 347 g/mol. The van der Waals surface area contributed by atoms with Crippen molar-refractivity contribution in [1.29, 1.82) is 0 Å². The van der Waals surface area contributed by atoms with Gasteiger partial charge in [-0.1, -0.05) is 17.7 Å². The summed E-state index contributed by atoms with van der Waals surface area (Å²) in [6.07, 6.45) is 1.68. The summed E-state index contributed by atoms with van der Waals surface area (Å²) < 4.78 is 5.43. The van der Waals surface area contributed by atoms with E-state index in [2.05, 4.69) is 15.6 Å². The predicted octanol–water partition coefficient (Wildman–Crippen LogP) is 4.78. The van der Waals surface area contributed by atoms with E-state index < -0.39 is 0 Å². The molecule has 1 aromatic heterocycles. The second-order valence-electron chi connectivity index (χ2n) is 5.84. The van der Waals surface area contributed by atoms with Crippen LogP contribution in [0.1, 0.15) is 22.8 Å². The summed E-state index contributed by atoms with van der Waals surface area (Å²) >= 11 is 0. The summed E-state index contributed by atoms with van der Waals surface area (Å²) in [6.45, 7) is 4.56. The molecule has 3 rings (SSSR count). The Balaban J connectivity index is 1.62. The number of anilines is 3. The molecule has 0 spiro atoms. The minimum absolute atomic E-state index is 0.173. The zero-order chi connectivity index (χ0) is 18.4. The fourth-order valence-corrected chi connectivity index (χ4v) is 2.48. The zero-order valence-electron chi connectivity index (χ0n) is 14.8. The summed E-state index contributed by atoms with van der Waals surface area (Å²) in [7, 11) is 0. The summed E-state index contributed by atoms with van der Waals surface area (Å²) in [4.78, 5) is 16.5. The normalized spacial score (nSPS) is 10.2. The van der Waals surface area contributed by atoms with E-state index in [1.165, 1.54) is 0 Å². The third kappa shape index (κ3) is 4.60. The Morgan fingerprint density at radius 2 is 1.81 bits per heavy atom. The van der Waals surface area contributed by atoms with Crippen molar-refractivity contribution in [3.63, 3.8) is 0 Å². The van der Waals surface area contributed by atoms with Crippen molar-refractivity contribution < 1.29 is 9.53 Å².